The molecule has 4 nitrogen and oxygen atoms in total. The van der Waals surface area contributed by atoms with Gasteiger partial charge >= 0.3 is 0 Å². The Morgan fingerprint density at radius 3 is 2.63 bits per heavy atom. The van der Waals surface area contributed by atoms with Gasteiger partial charge in [-0.15, -0.1) is 0 Å². The summed E-state index contributed by atoms with van der Waals surface area (Å²) >= 11 is 3.12. The SMILES string of the molecule is CCN(C)C(=O)C(C)NC(=O)c1c(F)cccc1Br. The Kier molecular flexibility index (Phi) is 5.47. The minimum absolute atomic E-state index is 0.0960. The molecule has 19 heavy (non-hydrogen) atoms. The lowest BCUT2D eigenvalue weighted by atomic mass is 10.2. The fraction of sp³-hybridized carbons (Fsp3) is 0.385. The molecule has 1 aromatic rings. The second kappa shape index (κ2) is 6.65. The van der Waals surface area contributed by atoms with Crippen LogP contribution in [-0.4, -0.2) is 36.3 Å². The maximum atomic E-state index is 13.6. The van der Waals surface area contributed by atoms with E-state index >= 15 is 0 Å². The summed E-state index contributed by atoms with van der Waals surface area (Å²) in [5.74, 6) is -1.46. The number of hydrogen-bond donors (Lipinski definition) is 1. The number of amides is 2. The smallest absolute Gasteiger partial charge is 0.256 e. The minimum atomic E-state index is -0.705. The third-order valence-electron chi connectivity index (χ3n) is 2.76. The van der Waals surface area contributed by atoms with Crippen LogP contribution in [0.1, 0.15) is 24.2 Å². The standard InChI is InChI=1S/C13H16BrFN2O2/c1-4-17(3)13(19)8(2)16-12(18)11-9(14)6-5-7-10(11)15/h5-8H,4H2,1-3H3,(H,16,18). The van der Waals surface area contributed by atoms with Crippen LogP contribution >= 0.6 is 15.9 Å². The van der Waals surface area contributed by atoms with Crippen LogP contribution in [0.3, 0.4) is 0 Å². The van der Waals surface area contributed by atoms with Gasteiger partial charge in [-0.1, -0.05) is 6.07 Å². The molecule has 0 aliphatic heterocycles. The molecule has 1 aromatic carbocycles. The largest absolute Gasteiger partial charge is 0.344 e. The summed E-state index contributed by atoms with van der Waals surface area (Å²) in [5, 5.41) is 2.49. The van der Waals surface area contributed by atoms with E-state index in [1.165, 1.54) is 17.0 Å². The number of carbonyl (C=O) groups is 2. The lowest BCUT2D eigenvalue weighted by molar-refractivity contribution is -0.131. The van der Waals surface area contributed by atoms with Gasteiger partial charge in [-0.2, -0.15) is 0 Å². The lowest BCUT2D eigenvalue weighted by Crippen LogP contribution is -2.45. The second-order valence-electron chi connectivity index (χ2n) is 4.14. The number of rotatable bonds is 4. The number of nitrogens with zero attached hydrogens (tertiary/aromatic N) is 1. The van der Waals surface area contributed by atoms with Crippen molar-refractivity contribution in [2.75, 3.05) is 13.6 Å². The molecule has 0 spiro atoms. The highest BCUT2D eigenvalue weighted by molar-refractivity contribution is 9.10. The van der Waals surface area contributed by atoms with Gasteiger partial charge < -0.3 is 10.2 Å². The van der Waals surface area contributed by atoms with Gasteiger partial charge in [-0.05, 0) is 41.9 Å². The zero-order chi connectivity index (χ0) is 14.6. The van der Waals surface area contributed by atoms with E-state index in [0.717, 1.165) is 0 Å². The molecular formula is C13H16BrFN2O2. The first kappa shape index (κ1) is 15.6. The molecule has 104 valence electrons. The Morgan fingerprint density at radius 1 is 1.47 bits per heavy atom. The van der Waals surface area contributed by atoms with Crippen molar-refractivity contribution in [3.63, 3.8) is 0 Å². The summed E-state index contributed by atoms with van der Waals surface area (Å²) in [6, 6.07) is 3.56. The molecule has 1 unspecified atom stereocenters. The Balaban J connectivity index is 2.83. The Labute approximate surface area is 120 Å². The van der Waals surface area contributed by atoms with Crippen LogP contribution in [0, 0.1) is 5.82 Å². The van der Waals surface area contributed by atoms with Crippen molar-refractivity contribution in [2.45, 2.75) is 19.9 Å². The van der Waals surface area contributed by atoms with Crippen molar-refractivity contribution in [3.05, 3.63) is 34.1 Å². The van der Waals surface area contributed by atoms with E-state index in [0.29, 0.717) is 11.0 Å². The zero-order valence-corrected chi connectivity index (χ0v) is 12.6. The average Bonchev–Trinajstić information content (AvgIpc) is 2.36. The molecule has 2 amide bonds. The molecule has 1 N–H and O–H groups in total. The number of likely N-dealkylation sites (N-methyl/N-ethyl adjacent to an activating group) is 1. The van der Waals surface area contributed by atoms with Gasteiger partial charge in [0.2, 0.25) is 5.91 Å². The van der Waals surface area contributed by atoms with Gasteiger partial charge in [-0.25, -0.2) is 4.39 Å². The summed E-state index contributed by atoms with van der Waals surface area (Å²) < 4.78 is 13.9. The zero-order valence-electron chi connectivity index (χ0n) is 11.0. The first-order chi connectivity index (χ1) is 8.88. The number of halogens is 2. The first-order valence-corrected chi connectivity index (χ1v) is 6.67. The number of benzene rings is 1. The van der Waals surface area contributed by atoms with Crippen LogP contribution in [0.4, 0.5) is 4.39 Å². The normalized spacial score (nSPS) is 11.8. The van der Waals surface area contributed by atoms with E-state index in [1.807, 2.05) is 6.92 Å². The summed E-state index contributed by atoms with van der Waals surface area (Å²) in [4.78, 5) is 25.3. The predicted molar refractivity (Wildman–Crippen MR) is 74.3 cm³/mol. The Morgan fingerprint density at radius 2 is 2.11 bits per heavy atom. The third kappa shape index (κ3) is 3.76. The van der Waals surface area contributed by atoms with Crippen molar-refractivity contribution < 1.29 is 14.0 Å². The predicted octanol–water partition coefficient (Wildman–Crippen LogP) is 2.18. The van der Waals surface area contributed by atoms with Crippen LogP contribution in [0.5, 0.6) is 0 Å². The van der Waals surface area contributed by atoms with Crippen LogP contribution in [0.2, 0.25) is 0 Å². The maximum absolute atomic E-state index is 13.6. The highest BCUT2D eigenvalue weighted by Gasteiger charge is 2.22. The maximum Gasteiger partial charge on any atom is 0.256 e. The molecule has 0 saturated heterocycles. The van der Waals surface area contributed by atoms with E-state index in [1.54, 1.807) is 20.0 Å². The Hall–Kier alpha value is -1.43. The van der Waals surface area contributed by atoms with Gasteiger partial charge in [0.25, 0.3) is 5.91 Å². The van der Waals surface area contributed by atoms with Gasteiger partial charge in [0.1, 0.15) is 11.9 Å². The number of hydrogen-bond acceptors (Lipinski definition) is 2. The van der Waals surface area contributed by atoms with Crippen LogP contribution in [0.15, 0.2) is 22.7 Å². The fourth-order valence-electron chi connectivity index (χ4n) is 1.53. The monoisotopic (exact) mass is 330 g/mol. The molecule has 1 atom stereocenters. The molecular weight excluding hydrogens is 315 g/mol. The molecule has 0 saturated carbocycles. The third-order valence-corrected chi connectivity index (χ3v) is 3.42. The Bertz CT molecular complexity index is 473. The molecule has 0 aliphatic rings. The van der Waals surface area contributed by atoms with Crippen molar-refractivity contribution >= 4 is 27.7 Å². The van der Waals surface area contributed by atoms with Crippen molar-refractivity contribution in [2.24, 2.45) is 0 Å². The molecule has 1 rings (SSSR count). The van der Waals surface area contributed by atoms with E-state index in [9.17, 15) is 14.0 Å². The molecule has 0 radical (unpaired) electrons. The topological polar surface area (TPSA) is 49.4 Å². The summed E-state index contributed by atoms with van der Waals surface area (Å²) in [6.07, 6.45) is 0. The van der Waals surface area contributed by atoms with Gasteiger partial charge in [0.05, 0.1) is 5.56 Å². The molecule has 0 fully saturated rings. The van der Waals surface area contributed by atoms with Gasteiger partial charge in [-0.3, -0.25) is 9.59 Å². The first-order valence-electron chi connectivity index (χ1n) is 5.88. The fourth-order valence-corrected chi connectivity index (χ4v) is 2.05. The van der Waals surface area contributed by atoms with Gasteiger partial charge in [0.15, 0.2) is 0 Å². The summed E-state index contributed by atoms with van der Waals surface area (Å²) in [5.41, 5.74) is -0.0960. The average molecular weight is 331 g/mol. The van der Waals surface area contributed by atoms with Crippen LogP contribution in [0.25, 0.3) is 0 Å². The molecule has 0 aliphatic carbocycles. The van der Waals surface area contributed by atoms with Gasteiger partial charge in [0, 0.05) is 18.1 Å². The summed E-state index contributed by atoms with van der Waals surface area (Å²) in [7, 11) is 1.64. The highest BCUT2D eigenvalue weighted by Crippen LogP contribution is 2.19. The van der Waals surface area contributed by atoms with E-state index in [4.69, 9.17) is 0 Å². The van der Waals surface area contributed by atoms with Crippen molar-refractivity contribution in [1.82, 2.24) is 10.2 Å². The van der Waals surface area contributed by atoms with Crippen molar-refractivity contribution in [3.8, 4) is 0 Å². The van der Waals surface area contributed by atoms with Crippen LogP contribution in [-0.2, 0) is 4.79 Å². The quantitative estimate of drug-likeness (QED) is 0.919. The molecule has 0 aromatic heterocycles. The summed E-state index contributed by atoms with van der Waals surface area (Å²) in [6.45, 7) is 3.95. The number of carbonyl (C=O) groups excluding carboxylic acids is 2. The highest BCUT2D eigenvalue weighted by atomic mass is 79.9. The second-order valence-corrected chi connectivity index (χ2v) is 5.00. The molecule has 6 heteroatoms. The van der Waals surface area contributed by atoms with E-state index in [2.05, 4.69) is 21.2 Å². The van der Waals surface area contributed by atoms with Crippen LogP contribution < -0.4 is 5.32 Å². The minimum Gasteiger partial charge on any atom is -0.344 e. The molecule has 0 heterocycles. The van der Waals surface area contributed by atoms with E-state index in [-0.39, 0.29) is 11.5 Å². The van der Waals surface area contributed by atoms with Crippen molar-refractivity contribution in [1.29, 1.82) is 0 Å². The van der Waals surface area contributed by atoms with E-state index < -0.39 is 17.8 Å². The molecule has 0 bridgehead atoms. The number of nitrogens with one attached hydrogen (secondary N) is 1. The lowest BCUT2D eigenvalue weighted by Gasteiger charge is -2.20.